The molecule has 2 aromatic heterocycles. The van der Waals surface area contributed by atoms with Crippen LogP contribution in [-0.4, -0.2) is 41.8 Å². The first kappa shape index (κ1) is 19.2. The minimum absolute atomic E-state index is 0.261. The predicted molar refractivity (Wildman–Crippen MR) is 112 cm³/mol. The Morgan fingerprint density at radius 2 is 2.04 bits per heavy atom. The van der Waals surface area contributed by atoms with Gasteiger partial charge in [-0.15, -0.1) is 11.3 Å². The molecule has 4 rings (SSSR count). The summed E-state index contributed by atoms with van der Waals surface area (Å²) in [5.41, 5.74) is 3.41. The highest BCUT2D eigenvalue weighted by Gasteiger charge is 2.37. The van der Waals surface area contributed by atoms with Crippen molar-refractivity contribution >= 4 is 22.8 Å². The van der Waals surface area contributed by atoms with E-state index < -0.39 is 0 Å². The number of nitrogens with zero attached hydrogens (tertiary/aromatic N) is 4. The largest absolute Gasteiger partial charge is 0.377 e. The van der Waals surface area contributed by atoms with Gasteiger partial charge >= 0.3 is 0 Å². The van der Waals surface area contributed by atoms with E-state index in [1.807, 2.05) is 11.3 Å². The van der Waals surface area contributed by atoms with Crippen LogP contribution in [0.4, 0.5) is 11.5 Å². The van der Waals surface area contributed by atoms with E-state index in [1.54, 1.807) is 0 Å². The molecule has 7 heteroatoms. The van der Waals surface area contributed by atoms with Gasteiger partial charge in [0.25, 0.3) is 0 Å². The van der Waals surface area contributed by atoms with Crippen molar-refractivity contribution in [2.75, 3.05) is 30.0 Å². The van der Waals surface area contributed by atoms with Crippen molar-refractivity contribution in [1.29, 1.82) is 5.26 Å². The number of hydrogen-bond donors (Lipinski definition) is 1. The van der Waals surface area contributed by atoms with Crippen LogP contribution in [0.15, 0.2) is 12.1 Å². The molecule has 0 spiro atoms. The summed E-state index contributed by atoms with van der Waals surface area (Å²) in [7, 11) is 0. The Morgan fingerprint density at radius 1 is 1.25 bits per heavy atom. The molecule has 2 aliphatic heterocycles. The maximum absolute atomic E-state index is 8.94. The molecule has 6 nitrogen and oxygen atoms in total. The van der Waals surface area contributed by atoms with Crippen LogP contribution in [0.3, 0.4) is 0 Å². The van der Waals surface area contributed by atoms with E-state index in [0.717, 1.165) is 49.7 Å². The van der Waals surface area contributed by atoms with Gasteiger partial charge in [-0.1, -0.05) is 6.92 Å². The van der Waals surface area contributed by atoms with Crippen LogP contribution in [0, 0.1) is 18.3 Å². The van der Waals surface area contributed by atoms with Gasteiger partial charge < -0.3 is 15.0 Å². The molecule has 0 saturated carbocycles. The predicted octanol–water partition coefficient (Wildman–Crippen LogP) is 3.50. The average Bonchev–Trinajstić information content (AvgIpc) is 3.20. The highest BCUT2D eigenvalue weighted by atomic mass is 32.1. The second-order valence-electron chi connectivity index (χ2n) is 7.51. The first-order valence-electron chi connectivity index (χ1n) is 10.1. The van der Waals surface area contributed by atoms with Gasteiger partial charge in [-0.25, -0.2) is 9.97 Å². The quantitative estimate of drug-likeness (QED) is 0.721. The van der Waals surface area contributed by atoms with Crippen molar-refractivity contribution in [2.24, 2.45) is 0 Å². The van der Waals surface area contributed by atoms with E-state index in [-0.39, 0.29) is 6.54 Å². The SMILES string of the molecule is CCc1sc(CCc2cc(N3C4CCC3COC4)cc(NCC#N)n2)nc1C. The summed E-state index contributed by atoms with van der Waals surface area (Å²) in [5, 5.41) is 13.3. The minimum Gasteiger partial charge on any atom is -0.377 e. The zero-order valence-corrected chi connectivity index (χ0v) is 17.4. The third-order valence-electron chi connectivity index (χ3n) is 5.60. The fourth-order valence-electron chi connectivity index (χ4n) is 4.28. The summed E-state index contributed by atoms with van der Waals surface area (Å²) in [6, 6.07) is 7.35. The second-order valence-corrected chi connectivity index (χ2v) is 8.68. The van der Waals surface area contributed by atoms with Crippen molar-refractivity contribution < 1.29 is 4.74 Å². The van der Waals surface area contributed by atoms with E-state index in [4.69, 9.17) is 20.0 Å². The average molecular weight is 398 g/mol. The van der Waals surface area contributed by atoms with Crippen LogP contribution in [-0.2, 0) is 24.0 Å². The lowest BCUT2D eigenvalue weighted by molar-refractivity contribution is 0.0906. The summed E-state index contributed by atoms with van der Waals surface area (Å²) in [5.74, 6) is 0.782. The number of aryl methyl sites for hydroxylation is 4. The zero-order chi connectivity index (χ0) is 19.5. The van der Waals surface area contributed by atoms with Crippen LogP contribution in [0.5, 0.6) is 0 Å². The van der Waals surface area contributed by atoms with E-state index in [2.05, 4.69) is 42.3 Å². The van der Waals surface area contributed by atoms with E-state index in [1.165, 1.54) is 28.4 Å². The van der Waals surface area contributed by atoms with Gasteiger partial charge in [-0.05, 0) is 38.7 Å². The summed E-state index contributed by atoms with van der Waals surface area (Å²) >= 11 is 1.82. The molecule has 0 aliphatic carbocycles. The Morgan fingerprint density at radius 3 is 2.71 bits per heavy atom. The number of rotatable bonds is 7. The zero-order valence-electron chi connectivity index (χ0n) is 16.6. The maximum Gasteiger partial charge on any atom is 0.129 e. The third kappa shape index (κ3) is 3.98. The molecule has 2 bridgehead atoms. The molecule has 2 fully saturated rings. The Hall–Kier alpha value is -2.17. The molecule has 4 heterocycles. The summed E-state index contributed by atoms with van der Waals surface area (Å²) in [4.78, 5) is 13.4. The number of morpholine rings is 1. The van der Waals surface area contributed by atoms with Crippen LogP contribution < -0.4 is 10.2 Å². The summed E-state index contributed by atoms with van der Waals surface area (Å²) < 4.78 is 5.74. The monoisotopic (exact) mass is 397 g/mol. The first-order valence-corrected chi connectivity index (χ1v) is 10.9. The molecule has 2 aromatic rings. The van der Waals surface area contributed by atoms with Gasteiger partial charge in [0.15, 0.2) is 0 Å². The van der Waals surface area contributed by atoms with Gasteiger partial charge in [-0.3, -0.25) is 0 Å². The van der Waals surface area contributed by atoms with Crippen molar-refractivity contribution in [3.8, 4) is 6.07 Å². The van der Waals surface area contributed by atoms with Crippen LogP contribution >= 0.6 is 11.3 Å². The topological polar surface area (TPSA) is 74.1 Å². The molecule has 0 amide bonds. The number of ether oxygens (including phenoxy) is 1. The lowest BCUT2D eigenvalue weighted by Crippen LogP contribution is -2.46. The van der Waals surface area contributed by atoms with Gasteiger partial charge in [0, 0.05) is 28.7 Å². The number of fused-ring (bicyclic) bond motifs is 2. The van der Waals surface area contributed by atoms with Crippen molar-refractivity contribution in [3.63, 3.8) is 0 Å². The maximum atomic E-state index is 8.94. The molecule has 28 heavy (non-hydrogen) atoms. The minimum atomic E-state index is 0.261. The van der Waals surface area contributed by atoms with Crippen molar-refractivity contribution in [2.45, 2.75) is 58.0 Å². The summed E-state index contributed by atoms with van der Waals surface area (Å²) in [6.45, 7) is 6.13. The van der Waals surface area contributed by atoms with Crippen LogP contribution in [0.2, 0.25) is 0 Å². The lowest BCUT2D eigenvalue weighted by atomic mass is 10.1. The van der Waals surface area contributed by atoms with Gasteiger partial charge in [-0.2, -0.15) is 5.26 Å². The third-order valence-corrected chi connectivity index (χ3v) is 6.96. The smallest absolute Gasteiger partial charge is 0.129 e. The van der Waals surface area contributed by atoms with Crippen LogP contribution in [0.25, 0.3) is 0 Å². The number of aromatic nitrogens is 2. The molecular formula is C21H27N5OS. The number of nitriles is 1. The van der Waals surface area contributed by atoms with Crippen LogP contribution in [0.1, 0.15) is 41.0 Å². The fourth-order valence-corrected chi connectivity index (χ4v) is 5.29. The normalized spacial score (nSPS) is 21.0. The molecular weight excluding hydrogens is 370 g/mol. The van der Waals surface area contributed by atoms with E-state index >= 15 is 0 Å². The molecule has 148 valence electrons. The van der Waals surface area contributed by atoms with Crippen molar-refractivity contribution in [3.05, 3.63) is 33.4 Å². The van der Waals surface area contributed by atoms with Gasteiger partial charge in [0.05, 0.1) is 42.1 Å². The molecule has 2 aliphatic rings. The fraction of sp³-hybridized carbons (Fsp3) is 0.571. The molecule has 2 unspecified atom stereocenters. The Kier molecular flexibility index (Phi) is 5.79. The highest BCUT2D eigenvalue weighted by molar-refractivity contribution is 7.11. The van der Waals surface area contributed by atoms with Gasteiger partial charge in [0.1, 0.15) is 12.4 Å². The Bertz CT molecular complexity index is 858. The first-order chi connectivity index (χ1) is 13.7. The molecule has 2 saturated heterocycles. The van der Waals surface area contributed by atoms with E-state index in [9.17, 15) is 0 Å². The molecule has 1 N–H and O–H groups in total. The Balaban J connectivity index is 1.56. The molecule has 2 atom stereocenters. The molecule has 0 radical (unpaired) electrons. The number of pyridine rings is 1. The number of anilines is 2. The Labute approximate surface area is 170 Å². The number of thiazole rings is 1. The van der Waals surface area contributed by atoms with E-state index in [0.29, 0.717) is 12.1 Å². The summed E-state index contributed by atoms with van der Waals surface area (Å²) in [6.07, 6.45) is 5.16. The number of hydrogen-bond acceptors (Lipinski definition) is 7. The molecule has 0 aromatic carbocycles. The second kappa shape index (κ2) is 8.46. The van der Waals surface area contributed by atoms with Gasteiger partial charge in [0.2, 0.25) is 0 Å². The van der Waals surface area contributed by atoms with Crippen molar-refractivity contribution in [1.82, 2.24) is 9.97 Å². The highest BCUT2D eigenvalue weighted by Crippen LogP contribution is 2.35. The standard InChI is InChI=1S/C21H27N5OS/c1-3-19-14(2)24-21(28-19)7-4-15-10-18(11-20(25-15)23-9-8-22)26-16-5-6-17(26)13-27-12-16/h10-11,16-17H,3-7,9,12-13H2,1-2H3,(H,23,25). The number of nitrogens with one attached hydrogen (secondary N) is 1. The lowest BCUT2D eigenvalue weighted by Gasteiger charge is -2.37.